The molecule has 1 amide bonds. The van der Waals surface area contributed by atoms with Gasteiger partial charge in [0.1, 0.15) is 16.9 Å². The number of aromatic nitrogens is 1. The van der Waals surface area contributed by atoms with E-state index in [1.54, 1.807) is 6.92 Å². The standard InChI is InChI=1S/C24H19N3O8S/c1-14-4-6-18(13-20(14)27(30)31)36(32,33)26(23(28)16-8-10-25-11-9-16)17-5-7-21-19(12-17)22(15(2)35-21)24(29)34-3/h4-13H,1-3H3. The van der Waals surface area contributed by atoms with Crippen LogP contribution in [0.2, 0.25) is 0 Å². The summed E-state index contributed by atoms with van der Waals surface area (Å²) in [6, 6.07) is 10.1. The van der Waals surface area contributed by atoms with Crippen LogP contribution in [-0.4, -0.2) is 37.3 Å². The van der Waals surface area contributed by atoms with Crippen molar-refractivity contribution in [1.82, 2.24) is 4.98 Å². The molecule has 0 aliphatic rings. The normalized spacial score (nSPS) is 11.3. The van der Waals surface area contributed by atoms with Crippen LogP contribution in [0, 0.1) is 24.0 Å². The number of carbonyl (C=O) groups is 2. The molecule has 12 heteroatoms. The van der Waals surface area contributed by atoms with Gasteiger partial charge < -0.3 is 9.15 Å². The molecule has 0 saturated heterocycles. The Labute approximate surface area is 205 Å². The van der Waals surface area contributed by atoms with Crippen molar-refractivity contribution in [2.45, 2.75) is 18.7 Å². The maximum Gasteiger partial charge on any atom is 0.342 e. The number of amides is 1. The van der Waals surface area contributed by atoms with Crippen LogP contribution in [0.4, 0.5) is 11.4 Å². The van der Waals surface area contributed by atoms with E-state index in [9.17, 15) is 28.1 Å². The summed E-state index contributed by atoms with van der Waals surface area (Å²) in [5.74, 6) is -1.38. The van der Waals surface area contributed by atoms with E-state index >= 15 is 0 Å². The number of hydrogen-bond donors (Lipinski definition) is 0. The number of hydrogen-bond acceptors (Lipinski definition) is 9. The maximum atomic E-state index is 13.8. The van der Waals surface area contributed by atoms with Gasteiger partial charge in [0.15, 0.2) is 0 Å². The number of ether oxygens (including phenoxy) is 1. The third-order valence-electron chi connectivity index (χ3n) is 5.50. The van der Waals surface area contributed by atoms with Gasteiger partial charge in [0.05, 0.1) is 22.6 Å². The Balaban J connectivity index is 1.97. The molecular weight excluding hydrogens is 490 g/mol. The van der Waals surface area contributed by atoms with E-state index in [0.29, 0.717) is 4.31 Å². The maximum absolute atomic E-state index is 13.8. The molecule has 0 fully saturated rings. The molecular formula is C24H19N3O8S. The van der Waals surface area contributed by atoms with Gasteiger partial charge in [-0.05, 0) is 50.2 Å². The van der Waals surface area contributed by atoms with E-state index in [0.717, 1.165) is 6.07 Å². The van der Waals surface area contributed by atoms with Gasteiger partial charge in [-0.3, -0.25) is 19.9 Å². The molecule has 2 heterocycles. The van der Waals surface area contributed by atoms with Crippen molar-refractivity contribution >= 4 is 44.2 Å². The largest absolute Gasteiger partial charge is 0.465 e. The molecule has 0 unspecified atom stereocenters. The Morgan fingerprint density at radius 3 is 2.39 bits per heavy atom. The lowest BCUT2D eigenvalue weighted by Crippen LogP contribution is -2.37. The van der Waals surface area contributed by atoms with E-state index < -0.39 is 37.4 Å². The molecule has 4 rings (SSSR count). The minimum absolute atomic E-state index is 0.00634. The summed E-state index contributed by atoms with van der Waals surface area (Å²) in [5, 5.41) is 11.7. The van der Waals surface area contributed by atoms with Crippen molar-refractivity contribution in [3.63, 3.8) is 0 Å². The number of rotatable bonds is 6. The lowest BCUT2D eigenvalue weighted by Gasteiger charge is -2.23. The molecule has 0 spiro atoms. The fourth-order valence-electron chi connectivity index (χ4n) is 3.72. The number of carbonyl (C=O) groups excluding carboxylic acids is 2. The lowest BCUT2D eigenvalue weighted by molar-refractivity contribution is -0.385. The van der Waals surface area contributed by atoms with Crippen molar-refractivity contribution in [2.24, 2.45) is 0 Å². The summed E-state index contributed by atoms with van der Waals surface area (Å²) in [6.45, 7) is 3.02. The molecule has 0 radical (unpaired) electrons. The van der Waals surface area contributed by atoms with Crippen molar-refractivity contribution < 1.29 is 32.1 Å². The molecule has 184 valence electrons. The highest BCUT2D eigenvalue weighted by Crippen LogP contribution is 2.34. The van der Waals surface area contributed by atoms with Gasteiger partial charge in [-0.25, -0.2) is 13.2 Å². The molecule has 0 saturated carbocycles. The van der Waals surface area contributed by atoms with Gasteiger partial charge in [-0.2, -0.15) is 4.31 Å². The number of methoxy groups -OCH3 is 1. The molecule has 36 heavy (non-hydrogen) atoms. The number of benzene rings is 2. The van der Waals surface area contributed by atoms with Gasteiger partial charge in [0.2, 0.25) is 0 Å². The third-order valence-corrected chi connectivity index (χ3v) is 7.21. The van der Waals surface area contributed by atoms with Crippen LogP contribution in [0.5, 0.6) is 0 Å². The Kier molecular flexibility index (Phi) is 6.29. The van der Waals surface area contributed by atoms with Crippen LogP contribution >= 0.6 is 0 Å². The second-order valence-corrected chi connectivity index (χ2v) is 9.51. The number of nitro benzene ring substituents is 1. The first-order chi connectivity index (χ1) is 17.1. The zero-order valence-electron chi connectivity index (χ0n) is 19.3. The van der Waals surface area contributed by atoms with Crippen LogP contribution in [0.15, 0.2) is 70.2 Å². The summed E-state index contributed by atoms with van der Waals surface area (Å²) in [5.41, 5.74) is 0.0842. The van der Waals surface area contributed by atoms with Gasteiger partial charge in [-0.15, -0.1) is 0 Å². The number of anilines is 1. The summed E-state index contributed by atoms with van der Waals surface area (Å²) in [4.78, 5) is 40.0. The molecule has 2 aromatic heterocycles. The molecule has 0 aliphatic heterocycles. The van der Waals surface area contributed by atoms with E-state index in [-0.39, 0.29) is 39.1 Å². The zero-order chi connectivity index (χ0) is 26.2. The number of nitro groups is 1. The second-order valence-electron chi connectivity index (χ2n) is 7.72. The Morgan fingerprint density at radius 1 is 1.06 bits per heavy atom. The first-order valence-electron chi connectivity index (χ1n) is 10.4. The molecule has 2 aromatic carbocycles. The van der Waals surface area contributed by atoms with Gasteiger partial charge in [0, 0.05) is 35.0 Å². The van der Waals surface area contributed by atoms with Crippen molar-refractivity contribution in [3.05, 3.63) is 93.5 Å². The fraction of sp³-hybridized carbons (Fsp3) is 0.125. The lowest BCUT2D eigenvalue weighted by atomic mass is 10.1. The SMILES string of the molecule is COC(=O)c1c(C)oc2ccc(N(C(=O)c3ccncc3)S(=O)(=O)c3ccc(C)c([N+](=O)[O-])c3)cc12. The topological polar surface area (TPSA) is 150 Å². The van der Waals surface area contributed by atoms with Gasteiger partial charge >= 0.3 is 5.97 Å². The predicted octanol–water partition coefficient (Wildman–Crippen LogP) is 4.18. The Bertz CT molecular complexity index is 1630. The van der Waals surface area contributed by atoms with Crippen molar-refractivity contribution in [1.29, 1.82) is 0 Å². The summed E-state index contributed by atoms with van der Waals surface area (Å²) in [6.07, 6.45) is 2.65. The van der Waals surface area contributed by atoms with Gasteiger partial charge in [0.25, 0.3) is 21.6 Å². The number of sulfonamides is 1. The summed E-state index contributed by atoms with van der Waals surface area (Å²) < 4.78 is 38.5. The number of fused-ring (bicyclic) bond motifs is 1. The Morgan fingerprint density at radius 2 is 1.75 bits per heavy atom. The number of nitrogens with zero attached hydrogens (tertiary/aromatic N) is 3. The molecule has 0 atom stereocenters. The molecule has 0 N–H and O–H groups in total. The van der Waals surface area contributed by atoms with E-state index in [4.69, 9.17) is 9.15 Å². The quantitative estimate of drug-likeness (QED) is 0.212. The molecule has 11 nitrogen and oxygen atoms in total. The first-order valence-corrected chi connectivity index (χ1v) is 11.9. The van der Waals surface area contributed by atoms with Crippen LogP contribution in [0.3, 0.4) is 0 Å². The van der Waals surface area contributed by atoms with E-state index in [1.165, 1.54) is 68.9 Å². The molecule has 0 bridgehead atoms. The monoisotopic (exact) mass is 509 g/mol. The summed E-state index contributed by atoms with van der Waals surface area (Å²) in [7, 11) is -3.47. The number of aryl methyl sites for hydroxylation is 2. The van der Waals surface area contributed by atoms with E-state index in [1.807, 2.05) is 0 Å². The van der Waals surface area contributed by atoms with Crippen LogP contribution in [0.25, 0.3) is 11.0 Å². The average molecular weight is 509 g/mol. The molecule has 4 aromatic rings. The van der Waals surface area contributed by atoms with Crippen molar-refractivity contribution in [3.8, 4) is 0 Å². The highest BCUT2D eigenvalue weighted by atomic mass is 32.2. The number of pyridine rings is 1. The second kappa shape index (κ2) is 9.23. The molecule has 0 aliphatic carbocycles. The van der Waals surface area contributed by atoms with E-state index in [2.05, 4.69) is 4.98 Å². The van der Waals surface area contributed by atoms with Crippen LogP contribution < -0.4 is 4.31 Å². The minimum atomic E-state index is -4.66. The van der Waals surface area contributed by atoms with Gasteiger partial charge in [-0.1, -0.05) is 6.07 Å². The average Bonchev–Trinajstić information content (AvgIpc) is 3.19. The number of esters is 1. The minimum Gasteiger partial charge on any atom is -0.465 e. The fourth-order valence-corrected chi connectivity index (χ4v) is 5.14. The van der Waals surface area contributed by atoms with Crippen LogP contribution in [-0.2, 0) is 14.8 Å². The van der Waals surface area contributed by atoms with Crippen molar-refractivity contribution in [2.75, 3.05) is 11.4 Å². The number of furan rings is 1. The predicted molar refractivity (Wildman–Crippen MR) is 128 cm³/mol. The summed E-state index contributed by atoms with van der Waals surface area (Å²) >= 11 is 0. The first kappa shape index (κ1) is 24.5. The zero-order valence-corrected chi connectivity index (χ0v) is 20.1. The smallest absolute Gasteiger partial charge is 0.342 e. The van der Waals surface area contributed by atoms with Crippen LogP contribution in [0.1, 0.15) is 32.0 Å². The highest BCUT2D eigenvalue weighted by Gasteiger charge is 2.34. The Hall–Kier alpha value is -4.58. The highest BCUT2D eigenvalue weighted by molar-refractivity contribution is 7.93. The third kappa shape index (κ3) is 4.18.